The molecule has 0 unspecified atom stereocenters. The van der Waals surface area contributed by atoms with E-state index < -0.39 is 0 Å². The molecule has 7 nitrogen and oxygen atoms in total. The number of thiazole rings is 1. The van der Waals surface area contributed by atoms with E-state index in [1.807, 2.05) is 12.1 Å². The lowest BCUT2D eigenvalue weighted by atomic mass is 9.98. The average molecular weight is 401 g/mol. The van der Waals surface area contributed by atoms with Crippen molar-refractivity contribution in [3.8, 4) is 0 Å². The van der Waals surface area contributed by atoms with E-state index in [1.165, 1.54) is 9.71 Å². The Bertz CT molecular complexity index is 890. The second-order valence-electron chi connectivity index (χ2n) is 7.08. The molecule has 2 N–H and O–H groups in total. The molecule has 0 aliphatic carbocycles. The van der Waals surface area contributed by atoms with Crippen molar-refractivity contribution in [2.24, 2.45) is 0 Å². The first-order valence-corrected chi connectivity index (χ1v) is 10.5. The minimum atomic E-state index is -0.371. The summed E-state index contributed by atoms with van der Waals surface area (Å²) in [5, 5.41) is 6.62. The minimum absolute atomic E-state index is 0.204. The van der Waals surface area contributed by atoms with Crippen LogP contribution in [0.4, 0.5) is 4.79 Å². The summed E-state index contributed by atoms with van der Waals surface area (Å²) in [6, 6.07) is 7.94. The van der Waals surface area contributed by atoms with Gasteiger partial charge in [0.1, 0.15) is 0 Å². The van der Waals surface area contributed by atoms with Gasteiger partial charge < -0.3 is 15.4 Å². The Hall–Kier alpha value is -2.45. The number of aromatic nitrogens is 1. The highest BCUT2D eigenvalue weighted by molar-refractivity contribution is 7.18. The normalized spacial score (nSPS) is 20.8. The van der Waals surface area contributed by atoms with E-state index in [2.05, 4.69) is 27.7 Å². The summed E-state index contributed by atoms with van der Waals surface area (Å²) >= 11 is 1.76. The van der Waals surface area contributed by atoms with Gasteiger partial charge in [-0.15, -0.1) is 11.3 Å². The van der Waals surface area contributed by atoms with Crippen LogP contribution in [0.2, 0.25) is 0 Å². The third-order valence-corrected chi connectivity index (χ3v) is 6.32. The number of carbonyl (C=O) groups excluding carboxylic acids is 2. The number of likely N-dealkylation sites (tertiary alicyclic amines) is 1. The summed E-state index contributed by atoms with van der Waals surface area (Å²) in [7, 11) is 0. The maximum atomic E-state index is 12.2. The van der Waals surface area contributed by atoms with Crippen molar-refractivity contribution >= 4 is 33.6 Å². The van der Waals surface area contributed by atoms with E-state index in [1.54, 1.807) is 18.3 Å². The van der Waals surface area contributed by atoms with Crippen molar-refractivity contribution in [1.82, 2.24) is 20.5 Å². The van der Waals surface area contributed by atoms with Gasteiger partial charge in [-0.2, -0.15) is 0 Å². The number of fused-ring (bicyclic) bond motifs is 1. The maximum Gasteiger partial charge on any atom is 0.337 e. The van der Waals surface area contributed by atoms with Gasteiger partial charge in [-0.1, -0.05) is 12.1 Å². The van der Waals surface area contributed by atoms with Crippen molar-refractivity contribution in [1.29, 1.82) is 0 Å². The molecule has 1 aromatic carbocycles. The van der Waals surface area contributed by atoms with Gasteiger partial charge in [-0.05, 0) is 38.4 Å². The zero-order valence-corrected chi connectivity index (χ0v) is 16.7. The number of nitrogens with one attached hydrogen (secondary N) is 2. The van der Waals surface area contributed by atoms with Crippen molar-refractivity contribution < 1.29 is 14.3 Å². The molecule has 148 valence electrons. The second kappa shape index (κ2) is 8.28. The Balaban J connectivity index is 1.50. The first kappa shape index (κ1) is 18.9. The molecule has 28 heavy (non-hydrogen) atoms. The van der Waals surface area contributed by atoms with Gasteiger partial charge >= 0.3 is 12.0 Å². The van der Waals surface area contributed by atoms with E-state index >= 15 is 0 Å². The standard InChI is InChI=1S/C20H24N4O3S/c1-2-27-19(25)14-10-21-20(26)23-16(14)12-24-9-5-6-13(11-24)18-22-15-7-3-4-8-17(15)28-18/h3-4,7-8,13H,2,5-6,9-12H2,1H3,(H2,21,23,26)/t13-/m0/s1. The van der Waals surface area contributed by atoms with Crippen LogP contribution in [-0.4, -0.2) is 54.7 Å². The summed E-state index contributed by atoms with van der Waals surface area (Å²) in [6.07, 6.45) is 2.17. The summed E-state index contributed by atoms with van der Waals surface area (Å²) in [5.41, 5.74) is 2.20. The number of esters is 1. The number of benzene rings is 1. The third kappa shape index (κ3) is 4.02. The Morgan fingerprint density at radius 2 is 2.25 bits per heavy atom. The first-order valence-electron chi connectivity index (χ1n) is 9.66. The zero-order valence-electron chi connectivity index (χ0n) is 15.9. The van der Waals surface area contributed by atoms with Crippen molar-refractivity contribution in [3.63, 3.8) is 0 Å². The van der Waals surface area contributed by atoms with Crippen LogP contribution in [0.15, 0.2) is 35.5 Å². The van der Waals surface area contributed by atoms with Crippen LogP contribution in [0.5, 0.6) is 0 Å². The Morgan fingerprint density at radius 3 is 3.07 bits per heavy atom. The largest absolute Gasteiger partial charge is 0.463 e. The van der Waals surface area contributed by atoms with Gasteiger partial charge in [-0.3, -0.25) is 4.90 Å². The lowest BCUT2D eigenvalue weighted by Gasteiger charge is -2.33. The molecule has 1 fully saturated rings. The molecule has 3 heterocycles. The molecule has 2 aromatic rings. The fourth-order valence-electron chi connectivity index (χ4n) is 3.77. The smallest absolute Gasteiger partial charge is 0.337 e. The van der Waals surface area contributed by atoms with E-state index in [4.69, 9.17) is 9.72 Å². The molecule has 0 saturated carbocycles. The maximum absolute atomic E-state index is 12.2. The zero-order chi connectivity index (χ0) is 19.5. The van der Waals surface area contributed by atoms with Crippen LogP contribution in [-0.2, 0) is 9.53 Å². The number of piperidine rings is 1. The highest BCUT2D eigenvalue weighted by atomic mass is 32.1. The molecule has 1 aromatic heterocycles. The number of amides is 2. The van der Waals surface area contributed by atoms with Crippen LogP contribution in [0.3, 0.4) is 0 Å². The van der Waals surface area contributed by atoms with Gasteiger partial charge in [0.2, 0.25) is 0 Å². The SMILES string of the molecule is CCOC(=O)C1=C(CN2CCC[C@H](c3nc4ccccc4s3)C2)NC(=O)NC1. The van der Waals surface area contributed by atoms with Crippen molar-refractivity contribution in [2.45, 2.75) is 25.7 Å². The summed E-state index contributed by atoms with van der Waals surface area (Å²) in [5.74, 6) is -0.0000528. The Labute approximate surface area is 167 Å². The number of ether oxygens (including phenoxy) is 1. The lowest BCUT2D eigenvalue weighted by molar-refractivity contribution is -0.138. The number of urea groups is 1. The van der Waals surface area contributed by atoms with Crippen LogP contribution in [0.25, 0.3) is 10.2 Å². The first-order chi connectivity index (χ1) is 13.6. The van der Waals surface area contributed by atoms with E-state index in [9.17, 15) is 9.59 Å². The molecule has 0 spiro atoms. The van der Waals surface area contributed by atoms with Crippen LogP contribution in [0.1, 0.15) is 30.7 Å². The highest BCUT2D eigenvalue weighted by Gasteiger charge is 2.28. The summed E-state index contributed by atoms with van der Waals surface area (Å²) in [6.45, 7) is 4.62. The quantitative estimate of drug-likeness (QED) is 0.754. The number of nitrogens with zero attached hydrogens (tertiary/aromatic N) is 2. The number of hydrogen-bond donors (Lipinski definition) is 2. The fourth-order valence-corrected chi connectivity index (χ4v) is 4.86. The predicted molar refractivity (Wildman–Crippen MR) is 108 cm³/mol. The van der Waals surface area contributed by atoms with Crippen molar-refractivity contribution in [3.05, 3.63) is 40.5 Å². The van der Waals surface area contributed by atoms with Gasteiger partial charge in [0.05, 0.1) is 33.9 Å². The van der Waals surface area contributed by atoms with Crippen LogP contribution >= 0.6 is 11.3 Å². The van der Waals surface area contributed by atoms with Gasteiger partial charge in [-0.25, -0.2) is 14.6 Å². The highest BCUT2D eigenvalue weighted by Crippen LogP contribution is 2.33. The summed E-state index contributed by atoms with van der Waals surface area (Å²) in [4.78, 5) is 31.2. The topological polar surface area (TPSA) is 83.6 Å². The minimum Gasteiger partial charge on any atom is -0.463 e. The average Bonchev–Trinajstić information content (AvgIpc) is 3.13. The summed E-state index contributed by atoms with van der Waals surface area (Å²) < 4.78 is 6.36. The molecule has 1 atom stereocenters. The predicted octanol–water partition coefficient (Wildman–Crippen LogP) is 2.61. The Morgan fingerprint density at radius 1 is 1.39 bits per heavy atom. The molecule has 2 amide bonds. The number of hydrogen-bond acceptors (Lipinski definition) is 6. The van der Waals surface area contributed by atoms with E-state index in [-0.39, 0.29) is 18.5 Å². The van der Waals surface area contributed by atoms with Gasteiger partial charge in [0.15, 0.2) is 0 Å². The van der Waals surface area contributed by atoms with Crippen LogP contribution in [0, 0.1) is 0 Å². The molecule has 0 radical (unpaired) electrons. The number of carbonyl (C=O) groups is 2. The number of para-hydroxylation sites is 1. The molecule has 4 rings (SSSR count). The molecule has 2 aliphatic heterocycles. The van der Waals surface area contributed by atoms with Crippen molar-refractivity contribution in [2.75, 3.05) is 32.8 Å². The van der Waals surface area contributed by atoms with Gasteiger partial charge in [0, 0.05) is 24.7 Å². The fraction of sp³-hybridized carbons (Fsp3) is 0.450. The molecular weight excluding hydrogens is 376 g/mol. The molecule has 8 heteroatoms. The molecule has 0 bridgehead atoms. The third-order valence-electron chi connectivity index (χ3n) is 5.12. The monoisotopic (exact) mass is 400 g/mol. The lowest BCUT2D eigenvalue weighted by Crippen LogP contribution is -2.48. The van der Waals surface area contributed by atoms with Gasteiger partial charge in [0.25, 0.3) is 0 Å². The number of rotatable bonds is 5. The van der Waals surface area contributed by atoms with E-state index in [0.29, 0.717) is 30.3 Å². The molecule has 2 aliphatic rings. The van der Waals surface area contributed by atoms with E-state index in [0.717, 1.165) is 31.4 Å². The molecular formula is C20H24N4O3S. The Kier molecular flexibility index (Phi) is 5.59. The van der Waals surface area contributed by atoms with Crippen LogP contribution < -0.4 is 10.6 Å². The molecule has 1 saturated heterocycles. The second-order valence-corrected chi connectivity index (χ2v) is 8.14.